The van der Waals surface area contributed by atoms with Crippen LogP contribution in [0.4, 0.5) is 0 Å². The summed E-state index contributed by atoms with van der Waals surface area (Å²) in [6.07, 6.45) is 0. The Bertz CT molecular complexity index is 28.1. The fourth-order valence-corrected chi connectivity index (χ4v) is 0. The van der Waals surface area contributed by atoms with Crippen LogP contribution in [0.15, 0.2) is 0 Å². The van der Waals surface area contributed by atoms with Crippen LogP contribution in [0.25, 0.3) is 0 Å². The van der Waals surface area contributed by atoms with Crippen molar-refractivity contribution in [1.82, 2.24) is 0 Å². The van der Waals surface area contributed by atoms with Crippen molar-refractivity contribution >= 4 is 0 Å². The Hall–Kier alpha value is 4.92. The quantitative estimate of drug-likeness (QED) is 0.394. The summed E-state index contributed by atoms with van der Waals surface area (Å²) < 4.78 is 0. The molecule has 0 amide bonds. The smallest absolute Gasteiger partial charge is 1.00 e. The SMILES string of the molecule is NCCN.[H-].[H-].[H-].[H-].[H-].[Na+].[Na+].[Na+].[Na+].[Na+]. The average Bonchev–Trinajstić information content (AvgIpc) is 1.37. The maximum Gasteiger partial charge on any atom is 1.00 e. The van der Waals surface area contributed by atoms with Gasteiger partial charge in [-0.15, -0.1) is 0 Å². The summed E-state index contributed by atoms with van der Waals surface area (Å²) in [6.45, 7) is 1.19. The minimum atomic E-state index is 0. The van der Waals surface area contributed by atoms with E-state index in [1.807, 2.05) is 0 Å². The number of hydrogen-bond donors (Lipinski definition) is 2. The molecule has 0 radical (unpaired) electrons. The van der Waals surface area contributed by atoms with Gasteiger partial charge in [0.15, 0.2) is 0 Å². The zero-order valence-corrected chi connectivity index (χ0v) is 17.6. The van der Waals surface area contributed by atoms with Crippen molar-refractivity contribution in [3.63, 3.8) is 0 Å². The fraction of sp³-hybridized carbons (Fsp3) is 1.00. The maximum absolute atomic E-state index is 4.90. The van der Waals surface area contributed by atoms with Crippen molar-refractivity contribution in [2.75, 3.05) is 13.1 Å². The summed E-state index contributed by atoms with van der Waals surface area (Å²) in [4.78, 5) is 0. The molecule has 4 N–H and O–H groups in total. The molecular weight excluding hydrogens is 167 g/mol. The van der Waals surface area contributed by atoms with Crippen molar-refractivity contribution in [2.45, 2.75) is 0 Å². The number of hydrogen-bond acceptors (Lipinski definition) is 2. The first-order chi connectivity index (χ1) is 1.91. The molecule has 0 aliphatic heterocycles. The molecule has 0 saturated carbocycles. The summed E-state index contributed by atoms with van der Waals surface area (Å²) >= 11 is 0. The molecule has 0 aromatic rings. The fourth-order valence-electron chi connectivity index (χ4n) is 0. The summed E-state index contributed by atoms with van der Waals surface area (Å²) in [6, 6.07) is 0. The van der Waals surface area contributed by atoms with E-state index in [0.717, 1.165) is 0 Å². The van der Waals surface area contributed by atoms with E-state index in [2.05, 4.69) is 0 Å². The van der Waals surface area contributed by atoms with Gasteiger partial charge in [-0.3, -0.25) is 0 Å². The standard InChI is InChI=1S/C2H8N2.5Na.5H/c3-1-2-4;;;;;;;;;;/h1-4H2;;;;;;;;;;/q;5*+1;5*-1. The van der Waals surface area contributed by atoms with Gasteiger partial charge in [-0.25, -0.2) is 0 Å². The van der Waals surface area contributed by atoms with Crippen LogP contribution in [0.1, 0.15) is 7.13 Å². The third-order valence-corrected chi connectivity index (χ3v) is 0.167. The molecular formula is C2H13N2Na5. The van der Waals surface area contributed by atoms with Crippen molar-refractivity contribution in [3.8, 4) is 0 Å². The molecule has 0 saturated heterocycles. The molecule has 2 nitrogen and oxygen atoms in total. The number of nitrogens with two attached hydrogens (primary N) is 2. The summed E-state index contributed by atoms with van der Waals surface area (Å²) in [7, 11) is 0. The Morgan fingerprint density at radius 1 is 0.667 bits per heavy atom. The minimum absolute atomic E-state index is 0. The van der Waals surface area contributed by atoms with E-state index in [1.165, 1.54) is 0 Å². The van der Waals surface area contributed by atoms with E-state index < -0.39 is 0 Å². The Kier molecular flexibility index (Phi) is 158. The van der Waals surface area contributed by atoms with E-state index in [0.29, 0.717) is 13.1 Å². The van der Waals surface area contributed by atoms with Crippen LogP contribution in [-0.2, 0) is 0 Å². The second-order valence-corrected chi connectivity index (χ2v) is 0.577. The molecule has 0 heterocycles. The molecule has 7 heteroatoms. The molecule has 0 aromatic heterocycles. The third-order valence-electron chi connectivity index (χ3n) is 0.167. The molecule has 0 aromatic carbocycles. The Morgan fingerprint density at radius 2 is 0.778 bits per heavy atom. The molecule has 36 valence electrons. The topological polar surface area (TPSA) is 52.0 Å². The predicted molar refractivity (Wildman–Crippen MR) is 23.7 cm³/mol. The summed E-state index contributed by atoms with van der Waals surface area (Å²) in [5.41, 5.74) is 9.81. The van der Waals surface area contributed by atoms with Gasteiger partial charge in [0.2, 0.25) is 0 Å². The second-order valence-electron chi connectivity index (χ2n) is 0.577. The van der Waals surface area contributed by atoms with Gasteiger partial charge < -0.3 is 18.6 Å². The van der Waals surface area contributed by atoms with Gasteiger partial charge in [-0.2, -0.15) is 0 Å². The van der Waals surface area contributed by atoms with E-state index in [-0.39, 0.29) is 155 Å². The van der Waals surface area contributed by atoms with Crippen molar-refractivity contribution in [1.29, 1.82) is 0 Å². The van der Waals surface area contributed by atoms with E-state index in [1.54, 1.807) is 0 Å². The zero-order valence-electron chi connectivity index (χ0n) is 12.6. The summed E-state index contributed by atoms with van der Waals surface area (Å²) in [5.74, 6) is 0. The van der Waals surface area contributed by atoms with Crippen molar-refractivity contribution in [2.24, 2.45) is 11.5 Å². The van der Waals surface area contributed by atoms with Gasteiger partial charge in [-0.1, -0.05) is 0 Å². The molecule has 0 rings (SSSR count). The zero-order chi connectivity index (χ0) is 3.41. The Labute approximate surface area is 175 Å². The average molecular weight is 180 g/mol. The molecule has 0 fully saturated rings. The van der Waals surface area contributed by atoms with Crippen LogP contribution in [0.2, 0.25) is 0 Å². The van der Waals surface area contributed by atoms with Crippen LogP contribution in [0, 0.1) is 0 Å². The maximum atomic E-state index is 4.90. The molecule has 0 aliphatic rings. The first-order valence-electron chi connectivity index (χ1n) is 1.32. The molecule has 9 heavy (non-hydrogen) atoms. The predicted octanol–water partition coefficient (Wildman–Crippen LogP) is -15.5. The Balaban J connectivity index is -0.000000001000. The van der Waals surface area contributed by atoms with Crippen LogP contribution in [-0.4, -0.2) is 13.1 Å². The van der Waals surface area contributed by atoms with E-state index >= 15 is 0 Å². The molecule has 0 bridgehead atoms. The first kappa shape index (κ1) is 37.0. The van der Waals surface area contributed by atoms with Crippen molar-refractivity contribution < 1.29 is 155 Å². The minimum Gasteiger partial charge on any atom is -1.00 e. The van der Waals surface area contributed by atoms with Gasteiger partial charge in [0.05, 0.1) is 0 Å². The molecule has 0 spiro atoms. The van der Waals surface area contributed by atoms with Gasteiger partial charge in [0, 0.05) is 13.1 Å². The van der Waals surface area contributed by atoms with Crippen molar-refractivity contribution in [3.05, 3.63) is 0 Å². The van der Waals surface area contributed by atoms with E-state index in [4.69, 9.17) is 11.5 Å². The third kappa shape index (κ3) is 44.0. The number of rotatable bonds is 1. The van der Waals surface area contributed by atoms with Crippen LogP contribution in [0.3, 0.4) is 0 Å². The normalized spacial score (nSPS) is 3.33. The van der Waals surface area contributed by atoms with Crippen LogP contribution >= 0.6 is 0 Å². The molecule has 0 atom stereocenters. The van der Waals surface area contributed by atoms with Gasteiger partial charge >= 0.3 is 148 Å². The molecule has 0 unspecified atom stereocenters. The monoisotopic (exact) mass is 180 g/mol. The van der Waals surface area contributed by atoms with Gasteiger partial charge in [-0.05, 0) is 0 Å². The Morgan fingerprint density at radius 3 is 0.778 bits per heavy atom. The largest absolute Gasteiger partial charge is 1.00 e. The first-order valence-corrected chi connectivity index (χ1v) is 1.32. The summed E-state index contributed by atoms with van der Waals surface area (Å²) in [5, 5.41) is 0. The molecule has 0 aliphatic carbocycles. The van der Waals surface area contributed by atoms with Gasteiger partial charge in [0.25, 0.3) is 0 Å². The van der Waals surface area contributed by atoms with Gasteiger partial charge in [0.1, 0.15) is 0 Å². The van der Waals surface area contributed by atoms with Crippen LogP contribution in [0.5, 0.6) is 0 Å². The van der Waals surface area contributed by atoms with Crippen LogP contribution < -0.4 is 159 Å². The van der Waals surface area contributed by atoms with E-state index in [9.17, 15) is 0 Å². The second kappa shape index (κ2) is 38.3.